The van der Waals surface area contributed by atoms with Crippen LogP contribution in [0.1, 0.15) is 27.2 Å². The molecule has 0 radical (unpaired) electrons. The van der Waals surface area contributed by atoms with Gasteiger partial charge < -0.3 is 19.7 Å². The molecule has 1 heterocycles. The highest BCUT2D eigenvalue weighted by Gasteiger charge is 2.22. The van der Waals surface area contributed by atoms with E-state index in [1.807, 2.05) is 6.92 Å². The third-order valence-corrected chi connectivity index (χ3v) is 1.31. The SMILES string of the molecule is CC(=O)O.CC1CC(O)OC(C)O1. The summed E-state index contributed by atoms with van der Waals surface area (Å²) >= 11 is 0. The normalized spacial score (nSPS) is 33.1. The number of aliphatic carboxylic acids is 1. The monoisotopic (exact) mass is 192 g/mol. The van der Waals surface area contributed by atoms with E-state index in [1.54, 1.807) is 6.92 Å². The van der Waals surface area contributed by atoms with Crippen LogP contribution in [0, 0.1) is 0 Å². The van der Waals surface area contributed by atoms with Crippen molar-refractivity contribution in [1.82, 2.24) is 0 Å². The lowest BCUT2D eigenvalue weighted by atomic mass is 10.2. The fraction of sp³-hybridized carbons (Fsp3) is 0.875. The Morgan fingerprint density at radius 1 is 1.38 bits per heavy atom. The largest absolute Gasteiger partial charge is 0.481 e. The minimum atomic E-state index is -0.833. The molecule has 13 heavy (non-hydrogen) atoms. The summed E-state index contributed by atoms with van der Waals surface area (Å²) in [6.07, 6.45) is -0.208. The third-order valence-electron chi connectivity index (χ3n) is 1.31. The van der Waals surface area contributed by atoms with Gasteiger partial charge in [-0.05, 0) is 13.8 Å². The van der Waals surface area contributed by atoms with Gasteiger partial charge in [0.25, 0.3) is 5.97 Å². The van der Waals surface area contributed by atoms with Gasteiger partial charge in [0, 0.05) is 13.3 Å². The number of aliphatic hydroxyl groups excluding tert-OH is 1. The highest BCUT2D eigenvalue weighted by Crippen LogP contribution is 2.15. The van der Waals surface area contributed by atoms with Crippen LogP contribution >= 0.6 is 0 Å². The molecule has 3 unspecified atom stereocenters. The second-order valence-corrected chi connectivity index (χ2v) is 2.86. The number of ether oxygens (including phenoxy) is 2. The molecular weight excluding hydrogens is 176 g/mol. The van der Waals surface area contributed by atoms with Gasteiger partial charge >= 0.3 is 0 Å². The van der Waals surface area contributed by atoms with Crippen LogP contribution < -0.4 is 0 Å². The van der Waals surface area contributed by atoms with Crippen LogP contribution in [-0.2, 0) is 14.3 Å². The Labute approximate surface area is 77.3 Å². The van der Waals surface area contributed by atoms with Crippen molar-refractivity contribution in [3.05, 3.63) is 0 Å². The zero-order chi connectivity index (χ0) is 10.4. The van der Waals surface area contributed by atoms with Crippen LogP contribution in [0.2, 0.25) is 0 Å². The Hall–Kier alpha value is -0.650. The smallest absolute Gasteiger partial charge is 0.300 e. The van der Waals surface area contributed by atoms with Gasteiger partial charge in [0.15, 0.2) is 12.6 Å². The summed E-state index contributed by atoms with van der Waals surface area (Å²) in [5, 5.41) is 16.4. The molecule has 78 valence electrons. The maximum absolute atomic E-state index is 9.00. The van der Waals surface area contributed by atoms with Crippen molar-refractivity contribution in [2.45, 2.75) is 45.9 Å². The van der Waals surface area contributed by atoms with E-state index in [1.165, 1.54) is 0 Å². The van der Waals surface area contributed by atoms with Gasteiger partial charge in [0.1, 0.15) is 0 Å². The van der Waals surface area contributed by atoms with E-state index in [2.05, 4.69) is 0 Å². The van der Waals surface area contributed by atoms with Gasteiger partial charge in [-0.3, -0.25) is 4.79 Å². The minimum absolute atomic E-state index is 0.115. The first-order valence-electron chi connectivity index (χ1n) is 4.10. The van der Waals surface area contributed by atoms with Crippen molar-refractivity contribution in [2.24, 2.45) is 0 Å². The summed E-state index contributed by atoms with van der Waals surface area (Å²) in [6.45, 7) is 4.78. The molecule has 0 bridgehead atoms. The van der Waals surface area contributed by atoms with Crippen LogP contribution in [0.5, 0.6) is 0 Å². The summed E-state index contributed by atoms with van der Waals surface area (Å²) in [7, 11) is 0. The predicted octanol–water partition coefficient (Wildman–Crippen LogP) is 0.567. The van der Waals surface area contributed by atoms with Gasteiger partial charge in [-0.15, -0.1) is 0 Å². The molecular formula is C8H16O5. The Kier molecular flexibility index (Phi) is 5.61. The number of carboxylic acids is 1. The second-order valence-electron chi connectivity index (χ2n) is 2.86. The van der Waals surface area contributed by atoms with E-state index in [-0.39, 0.29) is 12.4 Å². The first-order chi connectivity index (χ1) is 5.91. The summed E-state index contributed by atoms with van der Waals surface area (Å²) in [5.74, 6) is -0.833. The van der Waals surface area contributed by atoms with Crippen LogP contribution in [0.4, 0.5) is 0 Å². The van der Waals surface area contributed by atoms with E-state index in [9.17, 15) is 0 Å². The van der Waals surface area contributed by atoms with Crippen molar-refractivity contribution in [1.29, 1.82) is 0 Å². The zero-order valence-corrected chi connectivity index (χ0v) is 8.06. The fourth-order valence-corrected chi connectivity index (χ4v) is 0.975. The lowest BCUT2D eigenvalue weighted by Crippen LogP contribution is -2.34. The molecule has 5 heteroatoms. The molecule has 0 aliphatic carbocycles. The van der Waals surface area contributed by atoms with Crippen LogP contribution in [0.3, 0.4) is 0 Å². The average Bonchev–Trinajstić information content (AvgIpc) is 1.80. The highest BCUT2D eigenvalue weighted by molar-refractivity contribution is 5.62. The maximum atomic E-state index is 9.00. The summed E-state index contributed by atoms with van der Waals surface area (Å²) < 4.78 is 10.1. The summed E-state index contributed by atoms with van der Waals surface area (Å²) in [5.41, 5.74) is 0. The van der Waals surface area contributed by atoms with Gasteiger partial charge in [-0.2, -0.15) is 0 Å². The van der Waals surface area contributed by atoms with Crippen LogP contribution in [0.25, 0.3) is 0 Å². The molecule has 2 N–H and O–H groups in total. The lowest BCUT2D eigenvalue weighted by molar-refractivity contribution is -0.283. The van der Waals surface area contributed by atoms with Gasteiger partial charge in [-0.1, -0.05) is 0 Å². The Morgan fingerprint density at radius 3 is 2.15 bits per heavy atom. The molecule has 0 spiro atoms. The number of carboxylic acid groups (broad SMARTS) is 1. The van der Waals surface area contributed by atoms with Crippen LogP contribution in [0.15, 0.2) is 0 Å². The molecule has 0 aromatic rings. The first-order valence-corrected chi connectivity index (χ1v) is 4.10. The number of rotatable bonds is 0. The molecule has 1 fully saturated rings. The molecule has 5 nitrogen and oxygen atoms in total. The Balaban J connectivity index is 0.000000310. The highest BCUT2D eigenvalue weighted by atomic mass is 16.7. The number of aliphatic hydroxyl groups is 1. The van der Waals surface area contributed by atoms with E-state index in [0.717, 1.165) is 6.92 Å². The van der Waals surface area contributed by atoms with Crippen molar-refractivity contribution >= 4 is 5.97 Å². The molecule has 1 aliphatic heterocycles. The maximum Gasteiger partial charge on any atom is 0.300 e. The predicted molar refractivity (Wildman–Crippen MR) is 45.0 cm³/mol. The van der Waals surface area contributed by atoms with Crippen LogP contribution in [-0.4, -0.2) is 34.9 Å². The number of carbonyl (C=O) groups is 1. The van der Waals surface area contributed by atoms with Gasteiger partial charge in [0.05, 0.1) is 6.10 Å². The van der Waals surface area contributed by atoms with Crippen molar-refractivity contribution in [2.75, 3.05) is 0 Å². The first kappa shape index (κ1) is 12.3. The molecule has 1 rings (SSSR count). The molecule has 0 aromatic carbocycles. The Bertz CT molecular complexity index is 130. The van der Waals surface area contributed by atoms with Gasteiger partial charge in [0.2, 0.25) is 0 Å². The number of hydrogen-bond donors (Lipinski definition) is 2. The molecule has 3 atom stereocenters. The fourth-order valence-electron chi connectivity index (χ4n) is 0.975. The molecule has 1 saturated heterocycles. The average molecular weight is 192 g/mol. The molecule has 0 saturated carbocycles. The summed E-state index contributed by atoms with van der Waals surface area (Å²) in [4.78, 5) is 9.00. The topological polar surface area (TPSA) is 76.0 Å². The third kappa shape index (κ3) is 7.70. The van der Waals surface area contributed by atoms with E-state index >= 15 is 0 Å². The standard InChI is InChI=1S/C6H12O3.C2H4O2/c1-4-3-6(7)9-5(2)8-4;1-2(3)4/h4-7H,3H2,1-2H3;1H3,(H,3,4). The zero-order valence-electron chi connectivity index (χ0n) is 8.06. The minimum Gasteiger partial charge on any atom is -0.481 e. The summed E-state index contributed by atoms with van der Waals surface area (Å²) in [6, 6.07) is 0. The molecule has 0 amide bonds. The molecule has 1 aliphatic rings. The number of hydrogen-bond acceptors (Lipinski definition) is 4. The van der Waals surface area contributed by atoms with E-state index in [4.69, 9.17) is 24.5 Å². The quantitative estimate of drug-likeness (QED) is 0.586. The molecule has 0 aromatic heterocycles. The lowest BCUT2D eigenvalue weighted by Gasteiger charge is -2.29. The van der Waals surface area contributed by atoms with Crippen molar-refractivity contribution in [3.63, 3.8) is 0 Å². The van der Waals surface area contributed by atoms with Crippen molar-refractivity contribution in [3.8, 4) is 0 Å². The van der Waals surface area contributed by atoms with E-state index < -0.39 is 12.3 Å². The second kappa shape index (κ2) is 5.90. The van der Waals surface area contributed by atoms with Crippen molar-refractivity contribution < 1.29 is 24.5 Å². The van der Waals surface area contributed by atoms with Gasteiger partial charge in [-0.25, -0.2) is 0 Å². The Morgan fingerprint density at radius 2 is 1.85 bits per heavy atom. The van der Waals surface area contributed by atoms with E-state index in [0.29, 0.717) is 6.42 Å².